The highest BCUT2D eigenvalue weighted by Gasteiger charge is 2.25. The Morgan fingerprint density at radius 2 is 1.60 bits per heavy atom. The number of para-hydroxylation sites is 1. The summed E-state index contributed by atoms with van der Waals surface area (Å²) in [7, 11) is 3.92. The standard InChI is InChI=1S/C22H24N2O/c1-17(22(25)24(3)21-11-5-4-6-12-21)23(2)16-18-13-14-19-9-7-8-10-20(19)15-18/h4-15,17H,16H2,1-3H3/p+1/t17-/m1/s1. The van der Waals surface area contributed by atoms with Gasteiger partial charge < -0.3 is 9.80 Å². The first-order valence-electron chi connectivity index (χ1n) is 8.69. The SMILES string of the molecule is C[C@H](C(=O)N(C)c1ccccc1)[NH+](C)Cc1ccc2ccccc2c1. The molecule has 0 aliphatic carbocycles. The molecule has 0 heterocycles. The van der Waals surface area contributed by atoms with Crippen molar-refractivity contribution in [3.8, 4) is 0 Å². The molecule has 3 aromatic carbocycles. The van der Waals surface area contributed by atoms with E-state index in [4.69, 9.17) is 0 Å². The maximum Gasteiger partial charge on any atom is 0.284 e. The largest absolute Gasteiger partial charge is 0.324 e. The molecule has 0 aliphatic rings. The fourth-order valence-electron chi connectivity index (χ4n) is 3.10. The number of rotatable bonds is 5. The molecule has 0 saturated carbocycles. The van der Waals surface area contributed by atoms with Crippen LogP contribution >= 0.6 is 0 Å². The third kappa shape index (κ3) is 3.89. The number of nitrogens with zero attached hydrogens (tertiary/aromatic N) is 1. The first-order chi connectivity index (χ1) is 12.1. The molecular formula is C22H25N2O+. The van der Waals surface area contributed by atoms with Crippen LogP contribution in [-0.4, -0.2) is 26.0 Å². The number of quaternary nitrogens is 1. The van der Waals surface area contributed by atoms with E-state index in [0.29, 0.717) is 0 Å². The lowest BCUT2D eigenvalue weighted by Gasteiger charge is -2.26. The molecule has 3 rings (SSSR count). The van der Waals surface area contributed by atoms with Gasteiger partial charge in [0.05, 0.1) is 7.05 Å². The molecule has 128 valence electrons. The van der Waals surface area contributed by atoms with E-state index in [9.17, 15) is 4.79 Å². The smallest absolute Gasteiger partial charge is 0.284 e. The Bertz CT molecular complexity index is 860. The van der Waals surface area contributed by atoms with E-state index in [1.54, 1.807) is 4.90 Å². The summed E-state index contributed by atoms with van der Waals surface area (Å²) in [5.74, 6) is 0.129. The topological polar surface area (TPSA) is 24.8 Å². The van der Waals surface area contributed by atoms with Crippen LogP contribution in [0.3, 0.4) is 0 Å². The third-order valence-electron chi connectivity index (χ3n) is 4.88. The number of fused-ring (bicyclic) bond motifs is 1. The van der Waals surface area contributed by atoms with E-state index < -0.39 is 0 Å². The van der Waals surface area contributed by atoms with E-state index in [2.05, 4.69) is 49.5 Å². The number of hydrogen-bond donors (Lipinski definition) is 1. The number of carbonyl (C=O) groups is 1. The molecule has 25 heavy (non-hydrogen) atoms. The number of carbonyl (C=O) groups excluding carboxylic acids is 1. The van der Waals surface area contributed by atoms with Crippen molar-refractivity contribution < 1.29 is 9.69 Å². The summed E-state index contributed by atoms with van der Waals surface area (Å²) >= 11 is 0. The second-order valence-electron chi connectivity index (χ2n) is 6.66. The Labute approximate surface area is 149 Å². The van der Waals surface area contributed by atoms with Crippen LogP contribution in [-0.2, 0) is 11.3 Å². The second-order valence-corrected chi connectivity index (χ2v) is 6.66. The molecule has 1 amide bonds. The molecular weight excluding hydrogens is 308 g/mol. The molecule has 0 aliphatic heterocycles. The van der Waals surface area contributed by atoms with Gasteiger partial charge in [-0.3, -0.25) is 4.79 Å². The van der Waals surface area contributed by atoms with E-state index in [1.807, 2.05) is 44.3 Å². The van der Waals surface area contributed by atoms with Crippen LogP contribution in [0.25, 0.3) is 10.8 Å². The molecule has 3 heteroatoms. The van der Waals surface area contributed by atoms with Crippen LogP contribution < -0.4 is 9.80 Å². The van der Waals surface area contributed by atoms with Gasteiger partial charge in [-0.05, 0) is 35.9 Å². The first kappa shape index (κ1) is 17.2. The van der Waals surface area contributed by atoms with Crippen LogP contribution in [0.5, 0.6) is 0 Å². The van der Waals surface area contributed by atoms with Crippen molar-refractivity contribution in [1.29, 1.82) is 0 Å². The van der Waals surface area contributed by atoms with Gasteiger partial charge in [0.1, 0.15) is 6.54 Å². The van der Waals surface area contributed by atoms with E-state index in [1.165, 1.54) is 21.2 Å². The first-order valence-corrected chi connectivity index (χ1v) is 8.69. The number of anilines is 1. The molecule has 3 aromatic rings. The van der Waals surface area contributed by atoms with Crippen LogP contribution in [0.4, 0.5) is 5.69 Å². The van der Waals surface area contributed by atoms with E-state index in [-0.39, 0.29) is 11.9 Å². The van der Waals surface area contributed by atoms with Crippen LogP contribution in [0, 0.1) is 0 Å². The normalized spacial score (nSPS) is 13.4. The van der Waals surface area contributed by atoms with Crippen molar-refractivity contribution >= 4 is 22.4 Å². The average molecular weight is 333 g/mol. The lowest BCUT2D eigenvalue weighted by atomic mass is 10.1. The lowest BCUT2D eigenvalue weighted by Crippen LogP contribution is -3.12. The highest BCUT2D eigenvalue weighted by Crippen LogP contribution is 2.15. The zero-order valence-electron chi connectivity index (χ0n) is 15.1. The van der Waals surface area contributed by atoms with Gasteiger partial charge in [-0.25, -0.2) is 0 Å². The summed E-state index contributed by atoms with van der Waals surface area (Å²) in [6, 6.07) is 24.6. The van der Waals surface area contributed by atoms with Crippen molar-refractivity contribution in [2.45, 2.75) is 19.5 Å². The zero-order valence-corrected chi connectivity index (χ0v) is 15.1. The Morgan fingerprint density at radius 3 is 2.32 bits per heavy atom. The highest BCUT2D eigenvalue weighted by atomic mass is 16.2. The van der Waals surface area contributed by atoms with Gasteiger partial charge in [0, 0.05) is 18.3 Å². The van der Waals surface area contributed by atoms with Crippen LogP contribution in [0.15, 0.2) is 72.8 Å². The van der Waals surface area contributed by atoms with Gasteiger partial charge in [-0.15, -0.1) is 0 Å². The Kier molecular flexibility index (Phi) is 5.15. The minimum absolute atomic E-state index is 0.114. The summed E-state index contributed by atoms with van der Waals surface area (Å²) in [6.07, 6.45) is 0. The van der Waals surface area contributed by atoms with Crippen molar-refractivity contribution in [3.63, 3.8) is 0 Å². The van der Waals surface area contributed by atoms with Gasteiger partial charge in [-0.2, -0.15) is 0 Å². The predicted octanol–water partition coefficient (Wildman–Crippen LogP) is 2.91. The van der Waals surface area contributed by atoms with Crippen molar-refractivity contribution in [2.75, 3.05) is 19.0 Å². The molecule has 1 unspecified atom stereocenters. The summed E-state index contributed by atoms with van der Waals surface area (Å²) in [4.78, 5) is 15.7. The summed E-state index contributed by atoms with van der Waals surface area (Å²) in [5, 5.41) is 2.49. The number of hydrogen-bond acceptors (Lipinski definition) is 1. The molecule has 0 aromatic heterocycles. The summed E-state index contributed by atoms with van der Waals surface area (Å²) < 4.78 is 0. The summed E-state index contributed by atoms with van der Waals surface area (Å²) in [6.45, 7) is 2.82. The summed E-state index contributed by atoms with van der Waals surface area (Å²) in [5.41, 5.74) is 2.18. The predicted molar refractivity (Wildman–Crippen MR) is 104 cm³/mol. The molecule has 0 bridgehead atoms. The van der Waals surface area contributed by atoms with Gasteiger partial charge >= 0.3 is 0 Å². The van der Waals surface area contributed by atoms with Crippen molar-refractivity contribution in [2.24, 2.45) is 0 Å². The van der Waals surface area contributed by atoms with Gasteiger partial charge in [0.15, 0.2) is 6.04 Å². The van der Waals surface area contributed by atoms with Crippen molar-refractivity contribution in [1.82, 2.24) is 0 Å². The number of amides is 1. The monoisotopic (exact) mass is 333 g/mol. The van der Waals surface area contributed by atoms with E-state index >= 15 is 0 Å². The maximum atomic E-state index is 12.8. The lowest BCUT2D eigenvalue weighted by molar-refractivity contribution is -0.908. The Hall–Kier alpha value is -2.65. The van der Waals surface area contributed by atoms with Gasteiger partial charge in [-0.1, -0.05) is 54.6 Å². The molecule has 2 atom stereocenters. The van der Waals surface area contributed by atoms with Gasteiger partial charge in [0.2, 0.25) is 0 Å². The molecule has 0 fully saturated rings. The fourth-order valence-corrected chi connectivity index (χ4v) is 3.10. The third-order valence-corrected chi connectivity index (χ3v) is 4.88. The molecule has 0 spiro atoms. The molecule has 0 radical (unpaired) electrons. The zero-order chi connectivity index (χ0) is 17.8. The average Bonchev–Trinajstić information content (AvgIpc) is 2.66. The maximum absolute atomic E-state index is 12.8. The Morgan fingerprint density at radius 1 is 0.960 bits per heavy atom. The molecule has 3 nitrogen and oxygen atoms in total. The van der Waals surface area contributed by atoms with Crippen molar-refractivity contribution in [3.05, 3.63) is 78.4 Å². The molecule has 1 N–H and O–H groups in total. The fraction of sp³-hybridized carbons (Fsp3) is 0.227. The number of likely N-dealkylation sites (N-methyl/N-ethyl adjacent to an activating group) is 2. The number of nitrogens with one attached hydrogen (secondary N) is 1. The highest BCUT2D eigenvalue weighted by molar-refractivity contribution is 5.95. The number of benzene rings is 3. The van der Waals surface area contributed by atoms with Crippen LogP contribution in [0.2, 0.25) is 0 Å². The second kappa shape index (κ2) is 7.49. The molecule has 0 saturated heterocycles. The minimum Gasteiger partial charge on any atom is -0.324 e. The minimum atomic E-state index is -0.114. The van der Waals surface area contributed by atoms with E-state index in [0.717, 1.165) is 12.2 Å². The Balaban J connectivity index is 1.70. The van der Waals surface area contributed by atoms with Crippen LogP contribution in [0.1, 0.15) is 12.5 Å². The van der Waals surface area contributed by atoms with Gasteiger partial charge in [0.25, 0.3) is 5.91 Å². The quantitative estimate of drug-likeness (QED) is 0.763.